The SMILES string of the molecule is Cc1cc(OCC(=O)N2CCCCC2CN)ccc1Cl. The van der Waals surface area contributed by atoms with Crippen molar-refractivity contribution in [2.75, 3.05) is 19.7 Å². The Bertz CT molecular complexity index is 479. The van der Waals surface area contributed by atoms with Crippen molar-refractivity contribution in [1.29, 1.82) is 0 Å². The van der Waals surface area contributed by atoms with E-state index in [1.54, 1.807) is 12.1 Å². The summed E-state index contributed by atoms with van der Waals surface area (Å²) in [6, 6.07) is 5.55. The molecular weight excluding hydrogens is 276 g/mol. The number of piperidine rings is 1. The second-order valence-corrected chi connectivity index (χ2v) is 5.58. The molecule has 1 aliphatic heterocycles. The van der Waals surface area contributed by atoms with E-state index in [4.69, 9.17) is 22.1 Å². The molecule has 0 aliphatic carbocycles. The summed E-state index contributed by atoms with van der Waals surface area (Å²) < 4.78 is 5.56. The van der Waals surface area contributed by atoms with Crippen LogP contribution in [-0.2, 0) is 4.79 Å². The van der Waals surface area contributed by atoms with Crippen LogP contribution >= 0.6 is 11.6 Å². The Labute approximate surface area is 124 Å². The van der Waals surface area contributed by atoms with Gasteiger partial charge in [-0.3, -0.25) is 4.79 Å². The molecule has 20 heavy (non-hydrogen) atoms. The molecule has 2 rings (SSSR count). The molecular formula is C15H21ClN2O2. The van der Waals surface area contributed by atoms with E-state index in [9.17, 15) is 4.79 Å². The first-order chi connectivity index (χ1) is 9.61. The summed E-state index contributed by atoms with van der Waals surface area (Å²) in [4.78, 5) is 14.1. The van der Waals surface area contributed by atoms with Gasteiger partial charge in [0.05, 0.1) is 0 Å². The molecule has 1 aromatic rings. The van der Waals surface area contributed by atoms with E-state index in [1.165, 1.54) is 0 Å². The standard InChI is InChI=1S/C15H21ClN2O2/c1-11-8-13(5-6-14(11)16)20-10-15(19)18-7-3-2-4-12(18)9-17/h5-6,8,12H,2-4,7,9-10,17H2,1H3. The van der Waals surface area contributed by atoms with Gasteiger partial charge >= 0.3 is 0 Å². The summed E-state index contributed by atoms with van der Waals surface area (Å²) >= 11 is 5.96. The molecule has 1 unspecified atom stereocenters. The average Bonchev–Trinajstić information content (AvgIpc) is 2.48. The van der Waals surface area contributed by atoms with Gasteiger partial charge in [-0.25, -0.2) is 0 Å². The zero-order chi connectivity index (χ0) is 14.5. The van der Waals surface area contributed by atoms with E-state index in [0.29, 0.717) is 17.3 Å². The van der Waals surface area contributed by atoms with Crippen molar-refractivity contribution in [2.24, 2.45) is 5.73 Å². The van der Waals surface area contributed by atoms with Crippen molar-refractivity contribution >= 4 is 17.5 Å². The number of hydrogen-bond donors (Lipinski definition) is 1. The molecule has 1 aromatic carbocycles. The molecule has 1 aliphatic rings. The van der Waals surface area contributed by atoms with E-state index in [1.807, 2.05) is 17.9 Å². The van der Waals surface area contributed by atoms with Gasteiger partial charge < -0.3 is 15.4 Å². The number of likely N-dealkylation sites (tertiary alicyclic amines) is 1. The lowest BCUT2D eigenvalue weighted by Gasteiger charge is -2.34. The highest BCUT2D eigenvalue weighted by molar-refractivity contribution is 6.31. The lowest BCUT2D eigenvalue weighted by molar-refractivity contribution is -0.136. The highest BCUT2D eigenvalue weighted by Gasteiger charge is 2.25. The third-order valence-corrected chi connectivity index (χ3v) is 4.14. The van der Waals surface area contributed by atoms with Gasteiger partial charge in [0.1, 0.15) is 5.75 Å². The summed E-state index contributed by atoms with van der Waals surface area (Å²) in [7, 11) is 0. The average molecular weight is 297 g/mol. The molecule has 5 heteroatoms. The van der Waals surface area contributed by atoms with Crippen LogP contribution in [0.4, 0.5) is 0 Å². The minimum absolute atomic E-state index is 0.00718. The number of carbonyl (C=O) groups is 1. The minimum Gasteiger partial charge on any atom is -0.484 e. The van der Waals surface area contributed by atoms with Crippen molar-refractivity contribution in [1.82, 2.24) is 4.90 Å². The second-order valence-electron chi connectivity index (χ2n) is 5.17. The van der Waals surface area contributed by atoms with Gasteiger partial charge in [0, 0.05) is 24.2 Å². The van der Waals surface area contributed by atoms with Crippen molar-refractivity contribution < 1.29 is 9.53 Å². The van der Waals surface area contributed by atoms with E-state index >= 15 is 0 Å². The molecule has 110 valence electrons. The van der Waals surface area contributed by atoms with E-state index < -0.39 is 0 Å². The number of halogens is 1. The molecule has 1 amide bonds. The number of hydrogen-bond acceptors (Lipinski definition) is 3. The fraction of sp³-hybridized carbons (Fsp3) is 0.533. The largest absolute Gasteiger partial charge is 0.484 e. The van der Waals surface area contributed by atoms with Gasteiger partial charge in [0.15, 0.2) is 6.61 Å². The Kier molecular flexibility index (Phi) is 5.26. The minimum atomic E-state index is 0.00718. The highest BCUT2D eigenvalue weighted by Crippen LogP contribution is 2.21. The summed E-state index contributed by atoms with van der Waals surface area (Å²) in [5, 5.41) is 0.697. The van der Waals surface area contributed by atoms with Crippen LogP contribution in [0.15, 0.2) is 18.2 Å². The molecule has 1 atom stereocenters. The topological polar surface area (TPSA) is 55.6 Å². The zero-order valence-electron chi connectivity index (χ0n) is 11.8. The molecule has 0 aromatic heterocycles. The number of carbonyl (C=O) groups excluding carboxylic acids is 1. The Balaban J connectivity index is 1.92. The van der Waals surface area contributed by atoms with Crippen LogP contribution in [0.1, 0.15) is 24.8 Å². The quantitative estimate of drug-likeness (QED) is 0.928. The molecule has 2 N–H and O–H groups in total. The lowest BCUT2D eigenvalue weighted by Crippen LogP contribution is -2.49. The van der Waals surface area contributed by atoms with Crippen LogP contribution in [0.5, 0.6) is 5.75 Å². The van der Waals surface area contributed by atoms with Crippen molar-refractivity contribution in [3.8, 4) is 5.75 Å². The highest BCUT2D eigenvalue weighted by atomic mass is 35.5. The smallest absolute Gasteiger partial charge is 0.260 e. The van der Waals surface area contributed by atoms with E-state index in [2.05, 4.69) is 0 Å². The van der Waals surface area contributed by atoms with Crippen LogP contribution in [0, 0.1) is 6.92 Å². The Morgan fingerprint density at radius 1 is 1.50 bits per heavy atom. The number of amides is 1. The normalized spacial score (nSPS) is 18.9. The van der Waals surface area contributed by atoms with Crippen LogP contribution in [0.2, 0.25) is 5.02 Å². The first-order valence-electron chi connectivity index (χ1n) is 7.00. The van der Waals surface area contributed by atoms with E-state index in [-0.39, 0.29) is 18.6 Å². The Morgan fingerprint density at radius 2 is 2.30 bits per heavy atom. The van der Waals surface area contributed by atoms with Crippen LogP contribution < -0.4 is 10.5 Å². The maximum absolute atomic E-state index is 12.2. The number of aryl methyl sites for hydroxylation is 1. The number of rotatable bonds is 4. The predicted molar refractivity (Wildman–Crippen MR) is 80.1 cm³/mol. The first kappa shape index (κ1) is 15.1. The van der Waals surface area contributed by atoms with Gasteiger partial charge in [-0.05, 0) is 49.9 Å². The maximum atomic E-state index is 12.2. The van der Waals surface area contributed by atoms with Crippen molar-refractivity contribution in [3.63, 3.8) is 0 Å². The summed E-state index contributed by atoms with van der Waals surface area (Å²) in [5.41, 5.74) is 6.67. The number of nitrogens with two attached hydrogens (primary N) is 1. The number of nitrogens with zero attached hydrogens (tertiary/aromatic N) is 1. The molecule has 1 saturated heterocycles. The molecule has 0 saturated carbocycles. The van der Waals surface area contributed by atoms with Gasteiger partial charge in [-0.1, -0.05) is 11.6 Å². The summed E-state index contributed by atoms with van der Waals surface area (Å²) in [6.07, 6.45) is 3.17. The summed E-state index contributed by atoms with van der Waals surface area (Å²) in [6.45, 7) is 3.26. The number of ether oxygens (including phenoxy) is 1. The molecule has 1 fully saturated rings. The monoisotopic (exact) mass is 296 g/mol. The predicted octanol–water partition coefficient (Wildman–Crippen LogP) is 2.37. The van der Waals surface area contributed by atoms with Crippen molar-refractivity contribution in [2.45, 2.75) is 32.2 Å². The third kappa shape index (κ3) is 3.64. The van der Waals surface area contributed by atoms with Crippen LogP contribution in [0.25, 0.3) is 0 Å². The van der Waals surface area contributed by atoms with Crippen molar-refractivity contribution in [3.05, 3.63) is 28.8 Å². The van der Waals surface area contributed by atoms with Gasteiger partial charge in [-0.15, -0.1) is 0 Å². The molecule has 0 spiro atoms. The first-order valence-corrected chi connectivity index (χ1v) is 7.38. The van der Waals surface area contributed by atoms with Crippen LogP contribution in [-0.4, -0.2) is 36.5 Å². The van der Waals surface area contributed by atoms with Gasteiger partial charge in [0.2, 0.25) is 0 Å². The fourth-order valence-corrected chi connectivity index (χ4v) is 2.63. The zero-order valence-corrected chi connectivity index (χ0v) is 12.5. The Hall–Kier alpha value is -1.26. The van der Waals surface area contributed by atoms with Gasteiger partial charge in [0.25, 0.3) is 5.91 Å². The maximum Gasteiger partial charge on any atom is 0.260 e. The lowest BCUT2D eigenvalue weighted by atomic mass is 10.0. The second kappa shape index (κ2) is 6.95. The van der Waals surface area contributed by atoms with E-state index in [0.717, 1.165) is 31.4 Å². The van der Waals surface area contributed by atoms with Gasteiger partial charge in [-0.2, -0.15) is 0 Å². The third-order valence-electron chi connectivity index (χ3n) is 3.71. The van der Waals surface area contributed by atoms with Crippen LogP contribution in [0.3, 0.4) is 0 Å². The molecule has 1 heterocycles. The molecule has 0 bridgehead atoms. The molecule has 0 radical (unpaired) electrons. The Morgan fingerprint density at radius 3 is 3.00 bits per heavy atom. The molecule has 4 nitrogen and oxygen atoms in total. The summed E-state index contributed by atoms with van der Waals surface area (Å²) in [5.74, 6) is 0.675. The number of benzene rings is 1. The fourth-order valence-electron chi connectivity index (χ4n) is 2.51.